The molecule has 0 saturated heterocycles. The van der Waals surface area contributed by atoms with E-state index < -0.39 is 0 Å². The van der Waals surface area contributed by atoms with E-state index in [9.17, 15) is 4.79 Å². The largest absolute Gasteiger partial charge is 0.493 e. The van der Waals surface area contributed by atoms with Crippen molar-refractivity contribution >= 4 is 11.4 Å². The lowest BCUT2D eigenvalue weighted by molar-refractivity contribution is -0.118. The molecule has 4 nitrogen and oxygen atoms in total. The van der Waals surface area contributed by atoms with E-state index >= 15 is 0 Å². The van der Waals surface area contributed by atoms with Gasteiger partial charge in [0.15, 0.2) is 11.5 Å². The molecule has 0 spiro atoms. The van der Waals surface area contributed by atoms with Gasteiger partial charge in [-0.2, -0.15) is 0 Å². The Hall–Kier alpha value is -2.49. The molecule has 0 bridgehead atoms. The third-order valence-electron chi connectivity index (χ3n) is 3.80. The summed E-state index contributed by atoms with van der Waals surface area (Å²) in [7, 11) is 4.74. The van der Waals surface area contributed by atoms with E-state index in [0.29, 0.717) is 36.5 Å². The summed E-state index contributed by atoms with van der Waals surface area (Å²) in [5.41, 5.74) is 2.62. The van der Waals surface area contributed by atoms with Crippen molar-refractivity contribution in [2.45, 2.75) is 19.3 Å². The quantitative estimate of drug-likeness (QED) is 0.852. The van der Waals surface area contributed by atoms with Crippen molar-refractivity contribution in [1.82, 2.24) is 0 Å². The fourth-order valence-corrected chi connectivity index (χ4v) is 2.67. The Bertz CT molecular complexity index is 668. The van der Waals surface area contributed by atoms with Gasteiger partial charge in [-0.05, 0) is 23.6 Å². The first-order chi connectivity index (χ1) is 11.1. The number of allylic oxidation sites excluding steroid dienone is 5. The predicted molar refractivity (Wildman–Crippen MR) is 91.4 cm³/mol. The van der Waals surface area contributed by atoms with E-state index in [4.69, 9.17) is 14.2 Å². The van der Waals surface area contributed by atoms with Crippen LogP contribution in [0.3, 0.4) is 0 Å². The Morgan fingerprint density at radius 1 is 1.00 bits per heavy atom. The number of rotatable bonds is 3. The van der Waals surface area contributed by atoms with Crippen molar-refractivity contribution in [2.75, 3.05) is 21.3 Å². The molecule has 0 unspecified atom stereocenters. The van der Waals surface area contributed by atoms with Crippen molar-refractivity contribution in [3.63, 3.8) is 0 Å². The molecule has 2 rings (SSSR count). The Kier molecular flexibility index (Phi) is 5.63. The molecule has 0 aromatic heterocycles. The van der Waals surface area contributed by atoms with Crippen molar-refractivity contribution < 1.29 is 19.0 Å². The Balaban J connectivity index is 2.66. The van der Waals surface area contributed by atoms with Crippen LogP contribution in [0.2, 0.25) is 0 Å². The number of methoxy groups -OCH3 is 3. The molecule has 0 heterocycles. The molecule has 0 N–H and O–H groups in total. The van der Waals surface area contributed by atoms with Gasteiger partial charge in [0.2, 0.25) is 5.75 Å². The van der Waals surface area contributed by atoms with Gasteiger partial charge in [0.25, 0.3) is 0 Å². The lowest BCUT2D eigenvalue weighted by Gasteiger charge is -2.20. The van der Waals surface area contributed by atoms with Crippen LogP contribution < -0.4 is 14.2 Å². The molecular weight excluding hydrogens is 292 g/mol. The van der Waals surface area contributed by atoms with Gasteiger partial charge in [-0.15, -0.1) is 0 Å². The molecule has 0 radical (unpaired) electrons. The van der Waals surface area contributed by atoms with Gasteiger partial charge in [-0.3, -0.25) is 4.79 Å². The van der Waals surface area contributed by atoms with Crippen LogP contribution >= 0.6 is 0 Å². The summed E-state index contributed by atoms with van der Waals surface area (Å²) >= 11 is 0. The average Bonchev–Trinajstić information content (AvgIpc) is 2.59. The van der Waals surface area contributed by atoms with Crippen LogP contribution in [0.5, 0.6) is 17.2 Å². The van der Waals surface area contributed by atoms with Gasteiger partial charge < -0.3 is 14.2 Å². The minimum Gasteiger partial charge on any atom is -0.493 e. The summed E-state index contributed by atoms with van der Waals surface area (Å²) < 4.78 is 16.4. The second-order valence-electron chi connectivity index (χ2n) is 5.23. The predicted octanol–water partition coefficient (Wildman–Crippen LogP) is 3.74. The Morgan fingerprint density at radius 3 is 2.39 bits per heavy atom. The average molecular weight is 314 g/mol. The van der Waals surface area contributed by atoms with E-state index in [-0.39, 0.29) is 5.78 Å². The minimum atomic E-state index is 0.196. The fourth-order valence-electron chi connectivity index (χ4n) is 2.67. The second-order valence-corrected chi connectivity index (χ2v) is 5.23. The topological polar surface area (TPSA) is 44.8 Å². The number of aryl methyl sites for hydroxylation is 1. The van der Waals surface area contributed by atoms with E-state index in [1.54, 1.807) is 21.3 Å². The highest BCUT2D eigenvalue weighted by atomic mass is 16.5. The summed E-state index contributed by atoms with van der Waals surface area (Å²) in [6, 6.07) is 1.90. The van der Waals surface area contributed by atoms with Gasteiger partial charge in [0.05, 0.1) is 21.3 Å². The van der Waals surface area contributed by atoms with Crippen LogP contribution in [0.25, 0.3) is 5.57 Å². The highest BCUT2D eigenvalue weighted by Crippen LogP contribution is 2.45. The molecule has 0 atom stereocenters. The van der Waals surface area contributed by atoms with Crippen molar-refractivity contribution in [3.8, 4) is 17.2 Å². The SMILES string of the molecule is C=C1/C=C\C=C/CC(=O)CCc2cc(OC)c(OC)c(OC)c21. The first-order valence-electron chi connectivity index (χ1n) is 7.48. The molecule has 0 amide bonds. The van der Waals surface area contributed by atoms with Gasteiger partial charge in [-0.25, -0.2) is 0 Å². The maximum absolute atomic E-state index is 12.0. The van der Waals surface area contributed by atoms with Gasteiger partial charge in [-0.1, -0.05) is 30.9 Å². The molecule has 1 aliphatic rings. The first-order valence-corrected chi connectivity index (χ1v) is 7.48. The second kappa shape index (κ2) is 7.68. The Labute approximate surface area is 137 Å². The summed E-state index contributed by atoms with van der Waals surface area (Å²) in [6.45, 7) is 4.14. The van der Waals surface area contributed by atoms with Crippen molar-refractivity contribution in [1.29, 1.82) is 0 Å². The maximum Gasteiger partial charge on any atom is 0.203 e. The van der Waals surface area contributed by atoms with Crippen molar-refractivity contribution in [3.05, 3.63) is 48.1 Å². The normalized spacial score (nSPS) is 17.7. The summed E-state index contributed by atoms with van der Waals surface area (Å²) in [5.74, 6) is 1.88. The fraction of sp³-hybridized carbons (Fsp3) is 0.316. The first kappa shape index (κ1) is 16.9. The molecule has 122 valence electrons. The molecular formula is C19H22O4. The molecule has 0 fully saturated rings. The summed E-state index contributed by atoms with van der Waals surface area (Å²) in [4.78, 5) is 12.0. The van der Waals surface area contributed by atoms with Crippen LogP contribution in [-0.2, 0) is 11.2 Å². The molecule has 4 heteroatoms. The van der Waals surface area contributed by atoms with Crippen LogP contribution in [0, 0.1) is 0 Å². The standard InChI is InChI=1S/C19H22O4/c1-13-8-6-5-7-9-15(20)11-10-14-12-16(21-2)18(22-3)19(23-4)17(13)14/h5-8,12H,1,9-11H2,2-4H3/b7-5-,8-6-. The van der Waals surface area contributed by atoms with Gasteiger partial charge in [0.1, 0.15) is 5.78 Å². The van der Waals surface area contributed by atoms with Gasteiger partial charge in [0, 0.05) is 18.4 Å². The van der Waals surface area contributed by atoms with E-state index in [0.717, 1.165) is 16.7 Å². The zero-order chi connectivity index (χ0) is 16.8. The maximum atomic E-state index is 12.0. The molecule has 0 aliphatic heterocycles. The molecule has 0 saturated carbocycles. The molecule has 23 heavy (non-hydrogen) atoms. The zero-order valence-corrected chi connectivity index (χ0v) is 13.8. The number of ketones is 1. The van der Waals surface area contributed by atoms with E-state index in [1.807, 2.05) is 30.4 Å². The number of fused-ring (bicyclic) bond motifs is 1. The number of carbonyl (C=O) groups excluding carboxylic acids is 1. The smallest absolute Gasteiger partial charge is 0.203 e. The lowest BCUT2D eigenvalue weighted by atomic mass is 9.94. The van der Waals surface area contributed by atoms with Crippen LogP contribution in [-0.4, -0.2) is 27.1 Å². The number of hydrogen-bond acceptors (Lipinski definition) is 4. The Morgan fingerprint density at radius 2 is 1.74 bits per heavy atom. The van der Waals surface area contributed by atoms with Crippen LogP contribution in [0.15, 0.2) is 36.9 Å². The minimum absolute atomic E-state index is 0.196. The third kappa shape index (κ3) is 3.65. The van der Waals surface area contributed by atoms with Crippen molar-refractivity contribution in [2.24, 2.45) is 0 Å². The number of carbonyl (C=O) groups is 1. The molecule has 1 aliphatic carbocycles. The number of Topliss-reactive ketones (excluding diaryl/α,β-unsaturated/α-hetero) is 1. The number of benzene rings is 1. The van der Waals surface area contributed by atoms with E-state index in [2.05, 4.69) is 6.58 Å². The third-order valence-corrected chi connectivity index (χ3v) is 3.80. The molecule has 1 aromatic rings. The zero-order valence-electron chi connectivity index (χ0n) is 13.8. The van der Waals surface area contributed by atoms with Crippen LogP contribution in [0.1, 0.15) is 24.0 Å². The lowest BCUT2D eigenvalue weighted by Crippen LogP contribution is -2.05. The number of hydrogen-bond donors (Lipinski definition) is 0. The highest BCUT2D eigenvalue weighted by Gasteiger charge is 2.22. The van der Waals surface area contributed by atoms with Gasteiger partial charge >= 0.3 is 0 Å². The molecule has 1 aromatic carbocycles. The summed E-state index contributed by atoms with van der Waals surface area (Å²) in [5, 5.41) is 0. The van der Waals surface area contributed by atoms with Crippen LogP contribution in [0.4, 0.5) is 0 Å². The van der Waals surface area contributed by atoms with E-state index in [1.165, 1.54) is 0 Å². The summed E-state index contributed by atoms with van der Waals surface area (Å²) in [6.07, 6.45) is 9.01. The highest BCUT2D eigenvalue weighted by molar-refractivity contribution is 5.84. The monoisotopic (exact) mass is 314 g/mol. The number of ether oxygens (including phenoxy) is 3.